The van der Waals surface area contributed by atoms with Gasteiger partial charge < -0.3 is 4.74 Å². The zero-order chi connectivity index (χ0) is 14.5. The first-order valence-corrected chi connectivity index (χ1v) is 5.92. The van der Waals surface area contributed by atoms with Gasteiger partial charge in [-0.2, -0.15) is 10.5 Å². The van der Waals surface area contributed by atoms with Crippen LogP contribution in [0.3, 0.4) is 0 Å². The van der Waals surface area contributed by atoms with Gasteiger partial charge in [-0.15, -0.1) is 0 Å². The fourth-order valence-electron chi connectivity index (χ4n) is 1.56. The van der Waals surface area contributed by atoms with E-state index in [9.17, 15) is 4.79 Å². The number of ether oxygens (including phenoxy) is 1. The number of benzene rings is 2. The Hall–Kier alpha value is -2.82. The molecule has 0 radical (unpaired) electrons. The number of hydrogen-bond donors (Lipinski definition) is 0. The Kier molecular flexibility index (Phi) is 4.00. The molecule has 2 rings (SSSR count). The normalized spacial score (nSPS) is 9.35. The summed E-state index contributed by atoms with van der Waals surface area (Å²) in [6, 6.07) is 13.0. The van der Waals surface area contributed by atoms with E-state index in [-0.39, 0.29) is 21.9 Å². The average Bonchev–Trinajstić information content (AvgIpc) is 2.49. The van der Waals surface area contributed by atoms with Crippen molar-refractivity contribution >= 4 is 17.9 Å². The molecule has 0 saturated carbocycles. The van der Waals surface area contributed by atoms with Crippen molar-refractivity contribution in [1.82, 2.24) is 0 Å². The van der Waals surface area contributed by atoms with E-state index in [0.29, 0.717) is 11.3 Å². The highest BCUT2D eigenvalue weighted by Gasteiger charge is 2.10. The second kappa shape index (κ2) is 5.88. The van der Waals surface area contributed by atoms with E-state index >= 15 is 0 Å². The van der Waals surface area contributed by atoms with Crippen LogP contribution in [-0.4, -0.2) is 6.29 Å². The maximum absolute atomic E-state index is 10.6. The van der Waals surface area contributed by atoms with Crippen LogP contribution in [0.4, 0.5) is 0 Å². The lowest BCUT2D eigenvalue weighted by Gasteiger charge is -2.08. The predicted octanol–water partition coefficient (Wildman–Crippen LogP) is 3.69. The SMILES string of the molecule is N#Cc1cc(Cl)c(Oc2ccc(C=O)cc2)cc1C#N. The first kappa shape index (κ1) is 13.6. The molecule has 5 heteroatoms. The first-order valence-electron chi connectivity index (χ1n) is 5.54. The summed E-state index contributed by atoms with van der Waals surface area (Å²) < 4.78 is 5.54. The number of rotatable bonds is 3. The molecular formula is C15H7ClN2O2. The van der Waals surface area contributed by atoms with E-state index in [1.807, 2.05) is 12.1 Å². The second-order valence-corrected chi connectivity index (χ2v) is 4.25. The van der Waals surface area contributed by atoms with E-state index in [2.05, 4.69) is 0 Å². The van der Waals surface area contributed by atoms with Gasteiger partial charge in [0.05, 0.1) is 16.1 Å². The lowest BCUT2D eigenvalue weighted by molar-refractivity contribution is 0.112. The Morgan fingerprint density at radius 2 is 1.65 bits per heavy atom. The monoisotopic (exact) mass is 282 g/mol. The van der Waals surface area contributed by atoms with Crippen LogP contribution >= 0.6 is 11.6 Å². The molecule has 4 nitrogen and oxygen atoms in total. The Balaban J connectivity index is 2.36. The zero-order valence-electron chi connectivity index (χ0n) is 10.1. The maximum Gasteiger partial charge on any atom is 0.150 e. The molecule has 96 valence electrons. The minimum Gasteiger partial charge on any atom is -0.456 e. The number of aldehydes is 1. The molecule has 0 aliphatic rings. The minimum atomic E-state index is 0.191. The van der Waals surface area contributed by atoms with Crippen LogP contribution in [0.25, 0.3) is 0 Å². The Morgan fingerprint density at radius 3 is 2.20 bits per heavy atom. The highest BCUT2D eigenvalue weighted by atomic mass is 35.5. The molecule has 2 aromatic rings. The number of hydrogen-bond acceptors (Lipinski definition) is 4. The highest BCUT2D eigenvalue weighted by Crippen LogP contribution is 2.32. The summed E-state index contributed by atoms with van der Waals surface area (Å²) in [6.45, 7) is 0. The van der Waals surface area contributed by atoms with Crippen LogP contribution in [-0.2, 0) is 0 Å². The topological polar surface area (TPSA) is 73.9 Å². The summed E-state index contributed by atoms with van der Waals surface area (Å²) in [4.78, 5) is 10.6. The van der Waals surface area contributed by atoms with Gasteiger partial charge in [0.15, 0.2) is 0 Å². The molecular weight excluding hydrogens is 276 g/mol. The fourth-order valence-corrected chi connectivity index (χ4v) is 1.76. The van der Waals surface area contributed by atoms with E-state index in [4.69, 9.17) is 26.9 Å². The Labute approximate surface area is 120 Å². The van der Waals surface area contributed by atoms with Gasteiger partial charge in [-0.3, -0.25) is 4.79 Å². The van der Waals surface area contributed by atoms with Gasteiger partial charge in [-0.25, -0.2) is 0 Å². The molecule has 2 aromatic carbocycles. The third-order valence-electron chi connectivity index (χ3n) is 2.56. The van der Waals surface area contributed by atoms with Gasteiger partial charge >= 0.3 is 0 Å². The predicted molar refractivity (Wildman–Crippen MR) is 72.8 cm³/mol. The molecule has 0 amide bonds. The molecule has 0 bridgehead atoms. The van der Waals surface area contributed by atoms with Crippen molar-refractivity contribution in [3.8, 4) is 23.6 Å². The lowest BCUT2D eigenvalue weighted by Crippen LogP contribution is -1.90. The van der Waals surface area contributed by atoms with Crippen molar-refractivity contribution in [2.45, 2.75) is 0 Å². The van der Waals surface area contributed by atoms with Gasteiger partial charge in [0.2, 0.25) is 0 Å². The molecule has 0 saturated heterocycles. The molecule has 0 aliphatic carbocycles. The van der Waals surface area contributed by atoms with Crippen molar-refractivity contribution in [3.05, 3.63) is 58.1 Å². The number of carbonyl (C=O) groups is 1. The molecule has 0 spiro atoms. The smallest absolute Gasteiger partial charge is 0.150 e. The molecule has 0 heterocycles. The van der Waals surface area contributed by atoms with E-state index in [0.717, 1.165) is 6.29 Å². The zero-order valence-corrected chi connectivity index (χ0v) is 10.9. The van der Waals surface area contributed by atoms with Crippen molar-refractivity contribution in [1.29, 1.82) is 10.5 Å². The van der Waals surface area contributed by atoms with Gasteiger partial charge in [0.1, 0.15) is 29.9 Å². The Morgan fingerprint density at radius 1 is 1.05 bits per heavy atom. The summed E-state index contributed by atoms with van der Waals surface area (Å²) in [7, 11) is 0. The van der Waals surface area contributed by atoms with E-state index in [1.165, 1.54) is 12.1 Å². The van der Waals surface area contributed by atoms with Crippen molar-refractivity contribution < 1.29 is 9.53 Å². The largest absolute Gasteiger partial charge is 0.456 e. The quantitative estimate of drug-likeness (QED) is 0.805. The Bertz CT molecular complexity index is 740. The summed E-state index contributed by atoms with van der Waals surface area (Å²) >= 11 is 6.00. The summed E-state index contributed by atoms with van der Waals surface area (Å²) in [5, 5.41) is 18.1. The number of nitriles is 2. The third-order valence-corrected chi connectivity index (χ3v) is 2.85. The molecule has 0 aliphatic heterocycles. The summed E-state index contributed by atoms with van der Waals surface area (Å²) in [5.41, 5.74) is 0.915. The van der Waals surface area contributed by atoms with Gasteiger partial charge in [0.25, 0.3) is 0 Å². The lowest BCUT2D eigenvalue weighted by atomic mass is 10.1. The molecule has 0 aromatic heterocycles. The number of nitrogens with zero attached hydrogens (tertiary/aromatic N) is 2. The van der Waals surface area contributed by atoms with Gasteiger partial charge in [-0.05, 0) is 30.3 Å². The van der Waals surface area contributed by atoms with Crippen LogP contribution in [0, 0.1) is 22.7 Å². The van der Waals surface area contributed by atoms with Crippen LogP contribution in [0.2, 0.25) is 5.02 Å². The number of carbonyl (C=O) groups excluding carboxylic acids is 1. The standard InChI is InChI=1S/C15H7ClN2O2/c16-14-5-11(7-17)12(8-18)6-15(14)20-13-3-1-10(9-19)2-4-13/h1-6,9H. The third kappa shape index (κ3) is 2.77. The second-order valence-electron chi connectivity index (χ2n) is 3.84. The van der Waals surface area contributed by atoms with Crippen LogP contribution in [0.15, 0.2) is 36.4 Å². The van der Waals surface area contributed by atoms with Crippen LogP contribution in [0.5, 0.6) is 11.5 Å². The van der Waals surface area contributed by atoms with Crippen molar-refractivity contribution in [2.75, 3.05) is 0 Å². The van der Waals surface area contributed by atoms with Crippen molar-refractivity contribution in [3.63, 3.8) is 0 Å². The molecule has 0 unspecified atom stereocenters. The molecule has 0 fully saturated rings. The molecule has 0 atom stereocenters. The van der Waals surface area contributed by atoms with Gasteiger partial charge in [0, 0.05) is 11.6 Å². The maximum atomic E-state index is 10.6. The van der Waals surface area contributed by atoms with Crippen LogP contribution in [0.1, 0.15) is 21.5 Å². The first-order chi connectivity index (χ1) is 9.67. The van der Waals surface area contributed by atoms with Crippen LogP contribution < -0.4 is 4.74 Å². The summed E-state index contributed by atoms with van der Waals surface area (Å²) in [5.74, 6) is 0.757. The average molecular weight is 283 g/mol. The van der Waals surface area contributed by atoms with E-state index < -0.39 is 0 Å². The van der Waals surface area contributed by atoms with E-state index in [1.54, 1.807) is 24.3 Å². The number of halogens is 1. The van der Waals surface area contributed by atoms with Crippen molar-refractivity contribution in [2.24, 2.45) is 0 Å². The van der Waals surface area contributed by atoms with Gasteiger partial charge in [-0.1, -0.05) is 11.6 Å². The fraction of sp³-hybridized carbons (Fsp3) is 0. The molecule has 0 N–H and O–H groups in total. The highest BCUT2D eigenvalue weighted by molar-refractivity contribution is 6.32. The summed E-state index contributed by atoms with van der Waals surface area (Å²) in [6.07, 6.45) is 0.728. The minimum absolute atomic E-state index is 0.191. The molecule has 20 heavy (non-hydrogen) atoms.